The molecule has 0 saturated carbocycles. The maximum atomic E-state index is 14.1. The first-order chi connectivity index (χ1) is 14.9. The van der Waals surface area contributed by atoms with Gasteiger partial charge in [0.1, 0.15) is 0 Å². The molecule has 32 heavy (non-hydrogen) atoms. The lowest BCUT2D eigenvalue weighted by Gasteiger charge is -2.29. The largest absolute Gasteiger partial charge is 0.435 e. The summed E-state index contributed by atoms with van der Waals surface area (Å²) >= 11 is 11.9. The first-order valence-corrected chi connectivity index (χ1v) is 10.8. The van der Waals surface area contributed by atoms with Crippen molar-refractivity contribution in [2.24, 2.45) is 11.1 Å². The number of nitrogens with zero attached hydrogens (tertiary/aromatic N) is 1. The number of aryl methyl sites for hydroxylation is 1. The summed E-state index contributed by atoms with van der Waals surface area (Å²) in [5.74, 6) is 0.203. The molecule has 1 aliphatic heterocycles. The fourth-order valence-corrected chi connectivity index (χ4v) is 4.08. The van der Waals surface area contributed by atoms with Crippen LogP contribution in [0.4, 0.5) is 13.2 Å². The molecule has 1 aliphatic rings. The molecule has 0 radical (unpaired) electrons. The molecule has 9 heteroatoms. The number of alkyl halides is 3. The van der Waals surface area contributed by atoms with Crippen LogP contribution in [0.2, 0.25) is 10.0 Å². The number of nitrogens with one attached hydrogen (secondary N) is 1. The van der Waals surface area contributed by atoms with Gasteiger partial charge in [0.15, 0.2) is 0 Å². The van der Waals surface area contributed by atoms with E-state index in [1.807, 2.05) is 20.8 Å². The zero-order valence-electron chi connectivity index (χ0n) is 17.8. The van der Waals surface area contributed by atoms with Gasteiger partial charge in [-0.15, -0.1) is 0 Å². The van der Waals surface area contributed by atoms with E-state index in [1.165, 1.54) is 18.2 Å². The molecule has 0 saturated heterocycles. The molecule has 1 amide bonds. The Morgan fingerprint density at radius 3 is 2.41 bits per heavy atom. The molecule has 172 valence electrons. The number of halogens is 5. The molecule has 1 atom stereocenters. The number of hydrogen-bond acceptors (Lipinski definition) is 3. The van der Waals surface area contributed by atoms with Crippen molar-refractivity contribution in [2.75, 3.05) is 0 Å². The van der Waals surface area contributed by atoms with Crippen molar-refractivity contribution >= 4 is 34.8 Å². The maximum absolute atomic E-state index is 14.1. The molecule has 1 N–H and O–H groups in total. The second-order valence-electron chi connectivity index (χ2n) is 8.30. The molecule has 4 nitrogen and oxygen atoms in total. The van der Waals surface area contributed by atoms with Crippen LogP contribution in [0.3, 0.4) is 0 Å². The molecular weight excluding hydrogens is 464 g/mol. The molecule has 0 aliphatic carbocycles. The third kappa shape index (κ3) is 5.21. The van der Waals surface area contributed by atoms with Crippen LogP contribution in [0.25, 0.3) is 0 Å². The van der Waals surface area contributed by atoms with Gasteiger partial charge in [-0.2, -0.15) is 13.2 Å². The van der Waals surface area contributed by atoms with Gasteiger partial charge in [0.05, 0.1) is 5.71 Å². The van der Waals surface area contributed by atoms with E-state index >= 15 is 0 Å². The van der Waals surface area contributed by atoms with Crippen LogP contribution in [0.15, 0.2) is 41.6 Å². The lowest BCUT2D eigenvalue weighted by atomic mass is 9.86. The predicted molar refractivity (Wildman–Crippen MR) is 119 cm³/mol. The van der Waals surface area contributed by atoms with E-state index in [1.54, 1.807) is 18.2 Å². The van der Waals surface area contributed by atoms with Crippen molar-refractivity contribution in [3.8, 4) is 0 Å². The molecule has 0 bridgehead atoms. The van der Waals surface area contributed by atoms with Crippen molar-refractivity contribution in [2.45, 2.75) is 51.9 Å². The van der Waals surface area contributed by atoms with E-state index < -0.39 is 18.2 Å². The highest BCUT2D eigenvalue weighted by molar-refractivity contribution is 6.34. The van der Waals surface area contributed by atoms with Crippen LogP contribution < -0.4 is 5.32 Å². The lowest BCUT2D eigenvalue weighted by Crippen LogP contribution is -2.42. The number of carbonyl (C=O) groups is 1. The van der Waals surface area contributed by atoms with Gasteiger partial charge in [0.25, 0.3) is 5.60 Å². The van der Waals surface area contributed by atoms with Crippen molar-refractivity contribution in [3.05, 3.63) is 68.7 Å². The fourth-order valence-electron chi connectivity index (χ4n) is 3.56. The molecule has 2 aromatic carbocycles. The van der Waals surface area contributed by atoms with Crippen molar-refractivity contribution < 1.29 is 22.8 Å². The Morgan fingerprint density at radius 1 is 1.19 bits per heavy atom. The first kappa shape index (κ1) is 24.4. The summed E-state index contributed by atoms with van der Waals surface area (Å²) in [4.78, 5) is 16.9. The van der Waals surface area contributed by atoms with Crippen LogP contribution in [-0.4, -0.2) is 17.8 Å². The number of oxime groups is 1. The van der Waals surface area contributed by atoms with E-state index in [0.717, 1.165) is 11.1 Å². The van der Waals surface area contributed by atoms with Crippen LogP contribution >= 0.6 is 23.2 Å². The Morgan fingerprint density at radius 2 is 1.84 bits per heavy atom. The average Bonchev–Trinajstić information content (AvgIpc) is 3.12. The van der Waals surface area contributed by atoms with E-state index in [2.05, 4.69) is 10.5 Å². The highest BCUT2D eigenvalue weighted by atomic mass is 35.5. The zero-order valence-corrected chi connectivity index (χ0v) is 19.3. The van der Waals surface area contributed by atoms with Crippen molar-refractivity contribution in [1.82, 2.24) is 5.32 Å². The first-order valence-electron chi connectivity index (χ1n) is 10.1. The smallest absolute Gasteiger partial charge is 0.374 e. The minimum absolute atomic E-state index is 0.0489. The Kier molecular flexibility index (Phi) is 7.10. The fraction of sp³-hybridized carbons (Fsp3) is 0.391. The third-order valence-electron chi connectivity index (χ3n) is 5.26. The average molecular weight is 487 g/mol. The standard InChI is InChI=1S/C23H23Cl2F3N2O2/c1-13(2)6-21(31)29-12-16-5-4-15(7-14(16)3)20-11-22(32-30-20,23(26,27)28)17-8-18(24)10-19(25)9-17/h4-5,7-10,13H,6,11-12H2,1-3H3,(H,29,31). The zero-order chi connectivity index (χ0) is 23.7. The molecular formula is C23H23Cl2F3N2O2. The predicted octanol–water partition coefficient (Wildman–Crippen LogP) is 6.55. The second-order valence-corrected chi connectivity index (χ2v) is 9.18. The number of hydrogen-bond donors (Lipinski definition) is 1. The van der Waals surface area contributed by atoms with Gasteiger partial charge >= 0.3 is 6.18 Å². The molecule has 0 aromatic heterocycles. The van der Waals surface area contributed by atoms with Gasteiger partial charge in [-0.1, -0.05) is 54.3 Å². The number of amides is 1. The highest BCUT2D eigenvalue weighted by Crippen LogP contribution is 2.49. The van der Waals surface area contributed by atoms with Gasteiger partial charge in [-0.25, -0.2) is 0 Å². The van der Waals surface area contributed by atoms with Gasteiger partial charge in [-0.05, 0) is 53.8 Å². The van der Waals surface area contributed by atoms with E-state index in [-0.39, 0.29) is 33.1 Å². The van der Waals surface area contributed by atoms with E-state index in [9.17, 15) is 18.0 Å². The Labute approximate surface area is 194 Å². The van der Waals surface area contributed by atoms with Crippen LogP contribution in [0.1, 0.15) is 48.9 Å². The summed E-state index contributed by atoms with van der Waals surface area (Å²) in [6.07, 6.45) is -4.84. The summed E-state index contributed by atoms with van der Waals surface area (Å²) < 4.78 is 42.4. The minimum Gasteiger partial charge on any atom is -0.374 e. The van der Waals surface area contributed by atoms with Crippen LogP contribution in [0, 0.1) is 12.8 Å². The number of rotatable bonds is 6. The van der Waals surface area contributed by atoms with Crippen molar-refractivity contribution in [3.63, 3.8) is 0 Å². The van der Waals surface area contributed by atoms with Crippen molar-refractivity contribution in [1.29, 1.82) is 0 Å². The Bertz CT molecular complexity index is 1030. The van der Waals surface area contributed by atoms with Gasteiger partial charge in [0.2, 0.25) is 5.91 Å². The summed E-state index contributed by atoms with van der Waals surface area (Å²) in [5, 5.41) is 6.79. The quantitative estimate of drug-likeness (QED) is 0.503. The molecule has 3 rings (SSSR count). The second kappa shape index (κ2) is 9.32. The Balaban J connectivity index is 1.82. The molecule has 0 fully saturated rings. The molecule has 0 spiro atoms. The summed E-state index contributed by atoms with van der Waals surface area (Å²) in [6, 6.07) is 8.92. The summed E-state index contributed by atoms with van der Waals surface area (Å²) in [5.41, 5.74) is -0.508. The van der Waals surface area contributed by atoms with Gasteiger partial charge in [-0.3, -0.25) is 4.79 Å². The Hall–Kier alpha value is -2.25. The van der Waals surface area contributed by atoms with Gasteiger partial charge in [0, 0.05) is 35.0 Å². The SMILES string of the molecule is Cc1cc(C2=NOC(c3cc(Cl)cc(Cl)c3)(C(F)(F)F)C2)ccc1CNC(=O)CC(C)C. The minimum atomic E-state index is -4.75. The van der Waals surface area contributed by atoms with E-state index in [0.29, 0.717) is 18.5 Å². The normalized spacial score (nSPS) is 18.5. The van der Waals surface area contributed by atoms with Crippen LogP contribution in [0.5, 0.6) is 0 Å². The maximum Gasteiger partial charge on any atom is 0.435 e. The lowest BCUT2D eigenvalue weighted by molar-refractivity contribution is -0.275. The number of benzene rings is 2. The summed E-state index contributed by atoms with van der Waals surface area (Å²) in [7, 11) is 0. The number of carbonyl (C=O) groups excluding carboxylic acids is 1. The van der Waals surface area contributed by atoms with E-state index in [4.69, 9.17) is 28.0 Å². The summed E-state index contributed by atoms with van der Waals surface area (Å²) in [6.45, 7) is 6.09. The topological polar surface area (TPSA) is 50.7 Å². The van der Waals surface area contributed by atoms with Gasteiger partial charge < -0.3 is 10.2 Å². The molecule has 2 aromatic rings. The van der Waals surface area contributed by atoms with Crippen LogP contribution in [-0.2, 0) is 21.8 Å². The molecule has 1 heterocycles. The third-order valence-corrected chi connectivity index (χ3v) is 5.70. The monoisotopic (exact) mass is 486 g/mol. The molecule has 1 unspecified atom stereocenters. The highest BCUT2D eigenvalue weighted by Gasteiger charge is 2.62.